The summed E-state index contributed by atoms with van der Waals surface area (Å²) in [5.74, 6) is 1.77. The van der Waals surface area contributed by atoms with Crippen molar-refractivity contribution >= 4 is 44.2 Å². The van der Waals surface area contributed by atoms with Crippen LogP contribution in [0.25, 0.3) is 10.2 Å². The third-order valence-electron chi connectivity index (χ3n) is 5.16. The Kier molecular flexibility index (Phi) is 8.55. The SMILES string of the molecule is CCN(CC)CCN(C(=O)COc1ccc(OC)cc1)c1nc2c(OC)ccc(Cl)c2s1. The van der Waals surface area contributed by atoms with Crippen molar-refractivity contribution in [3.05, 3.63) is 41.4 Å². The average molecular weight is 478 g/mol. The van der Waals surface area contributed by atoms with E-state index in [0.29, 0.717) is 33.7 Å². The number of thiazole rings is 1. The summed E-state index contributed by atoms with van der Waals surface area (Å²) in [6, 6.07) is 10.7. The van der Waals surface area contributed by atoms with Crippen LogP contribution in [-0.2, 0) is 4.79 Å². The number of carbonyl (C=O) groups excluding carboxylic acids is 1. The Morgan fingerprint density at radius 3 is 2.31 bits per heavy atom. The molecular weight excluding hydrogens is 450 g/mol. The van der Waals surface area contributed by atoms with E-state index in [2.05, 4.69) is 18.7 Å². The van der Waals surface area contributed by atoms with Gasteiger partial charge < -0.3 is 19.1 Å². The number of aromatic nitrogens is 1. The summed E-state index contributed by atoms with van der Waals surface area (Å²) in [6.45, 7) is 7.12. The Morgan fingerprint density at radius 2 is 1.69 bits per heavy atom. The molecule has 1 aromatic heterocycles. The molecule has 0 atom stereocenters. The molecule has 1 amide bonds. The number of likely N-dealkylation sites (N-methyl/N-ethyl adjacent to an activating group) is 1. The lowest BCUT2D eigenvalue weighted by Gasteiger charge is -2.24. The molecular formula is C23H28ClN3O4S. The van der Waals surface area contributed by atoms with Crippen LogP contribution in [0.4, 0.5) is 5.13 Å². The number of carbonyl (C=O) groups is 1. The zero-order valence-electron chi connectivity index (χ0n) is 18.8. The molecule has 0 aliphatic rings. The van der Waals surface area contributed by atoms with Crippen LogP contribution in [0.5, 0.6) is 17.2 Å². The zero-order valence-corrected chi connectivity index (χ0v) is 20.3. The summed E-state index contributed by atoms with van der Waals surface area (Å²) in [6.07, 6.45) is 0. The van der Waals surface area contributed by atoms with Crippen molar-refractivity contribution < 1.29 is 19.0 Å². The van der Waals surface area contributed by atoms with Gasteiger partial charge in [0.2, 0.25) is 0 Å². The highest BCUT2D eigenvalue weighted by atomic mass is 35.5. The van der Waals surface area contributed by atoms with Gasteiger partial charge in [0, 0.05) is 13.1 Å². The highest BCUT2D eigenvalue weighted by Crippen LogP contribution is 2.38. The molecule has 7 nitrogen and oxygen atoms in total. The highest BCUT2D eigenvalue weighted by Gasteiger charge is 2.23. The summed E-state index contributed by atoms with van der Waals surface area (Å²) in [5, 5.41) is 1.15. The molecule has 3 rings (SSSR count). The Labute approximate surface area is 197 Å². The summed E-state index contributed by atoms with van der Waals surface area (Å²) >= 11 is 7.76. The molecule has 2 aromatic carbocycles. The zero-order chi connectivity index (χ0) is 23.1. The van der Waals surface area contributed by atoms with Gasteiger partial charge >= 0.3 is 0 Å². The lowest BCUT2D eigenvalue weighted by Crippen LogP contribution is -2.41. The molecule has 0 bridgehead atoms. The normalized spacial score (nSPS) is 11.1. The number of hydrogen-bond acceptors (Lipinski definition) is 7. The number of anilines is 1. The highest BCUT2D eigenvalue weighted by molar-refractivity contribution is 7.23. The third-order valence-corrected chi connectivity index (χ3v) is 6.69. The summed E-state index contributed by atoms with van der Waals surface area (Å²) in [4.78, 5) is 21.8. The van der Waals surface area contributed by atoms with Crippen LogP contribution in [0.15, 0.2) is 36.4 Å². The lowest BCUT2D eigenvalue weighted by atomic mass is 10.3. The van der Waals surface area contributed by atoms with E-state index in [1.807, 2.05) is 0 Å². The van der Waals surface area contributed by atoms with Crippen molar-refractivity contribution in [2.45, 2.75) is 13.8 Å². The molecule has 3 aromatic rings. The molecule has 0 aliphatic heterocycles. The maximum atomic E-state index is 13.2. The largest absolute Gasteiger partial charge is 0.497 e. The minimum absolute atomic E-state index is 0.106. The van der Waals surface area contributed by atoms with Crippen LogP contribution >= 0.6 is 22.9 Å². The predicted octanol–water partition coefficient (Wildman–Crippen LogP) is 4.72. The van der Waals surface area contributed by atoms with E-state index in [-0.39, 0.29) is 12.5 Å². The van der Waals surface area contributed by atoms with Crippen LogP contribution < -0.4 is 19.1 Å². The van der Waals surface area contributed by atoms with Gasteiger partial charge in [0.1, 0.15) is 22.8 Å². The molecule has 0 fully saturated rings. The molecule has 0 radical (unpaired) electrons. The monoisotopic (exact) mass is 477 g/mol. The first-order valence-electron chi connectivity index (χ1n) is 10.4. The number of fused-ring (bicyclic) bond motifs is 1. The first-order chi connectivity index (χ1) is 15.5. The van der Waals surface area contributed by atoms with Gasteiger partial charge in [-0.25, -0.2) is 4.98 Å². The maximum absolute atomic E-state index is 13.2. The summed E-state index contributed by atoms with van der Waals surface area (Å²) < 4.78 is 17.1. The Morgan fingerprint density at radius 1 is 1.00 bits per heavy atom. The molecule has 0 aliphatic carbocycles. The average Bonchev–Trinajstić information content (AvgIpc) is 3.27. The first-order valence-corrected chi connectivity index (χ1v) is 11.6. The molecule has 32 heavy (non-hydrogen) atoms. The van der Waals surface area contributed by atoms with Gasteiger partial charge in [0.25, 0.3) is 5.91 Å². The Balaban J connectivity index is 1.84. The lowest BCUT2D eigenvalue weighted by molar-refractivity contribution is -0.120. The standard InChI is InChI=1S/C23H28ClN3O4S/c1-5-26(6-2)13-14-27(20(28)15-31-17-9-7-16(29-3)8-10-17)23-25-21-19(30-4)12-11-18(24)22(21)32-23/h7-12H,5-6,13-15H2,1-4H3. The van der Waals surface area contributed by atoms with Crippen molar-refractivity contribution in [3.63, 3.8) is 0 Å². The minimum atomic E-state index is -0.179. The van der Waals surface area contributed by atoms with Gasteiger partial charge in [-0.15, -0.1) is 0 Å². The fourth-order valence-corrected chi connectivity index (χ4v) is 4.52. The van der Waals surface area contributed by atoms with E-state index in [9.17, 15) is 4.79 Å². The quantitative estimate of drug-likeness (QED) is 0.398. The summed E-state index contributed by atoms with van der Waals surface area (Å²) in [5.41, 5.74) is 0.650. The Hall–Kier alpha value is -2.55. The molecule has 0 unspecified atom stereocenters. The Bertz CT molecular complexity index is 1040. The molecule has 172 valence electrons. The van der Waals surface area contributed by atoms with E-state index in [0.717, 1.165) is 30.1 Å². The van der Waals surface area contributed by atoms with Crippen LogP contribution in [-0.4, -0.2) is 62.8 Å². The maximum Gasteiger partial charge on any atom is 0.266 e. The third kappa shape index (κ3) is 5.62. The van der Waals surface area contributed by atoms with E-state index in [1.165, 1.54) is 11.3 Å². The van der Waals surface area contributed by atoms with Crippen molar-refractivity contribution in [1.82, 2.24) is 9.88 Å². The predicted molar refractivity (Wildman–Crippen MR) is 130 cm³/mol. The second-order valence-corrected chi connectivity index (χ2v) is 8.35. The van der Waals surface area contributed by atoms with Crippen LogP contribution in [0.1, 0.15) is 13.8 Å². The molecule has 0 N–H and O–H groups in total. The molecule has 0 saturated carbocycles. The van der Waals surface area contributed by atoms with Crippen LogP contribution in [0.3, 0.4) is 0 Å². The fourth-order valence-electron chi connectivity index (χ4n) is 3.22. The topological polar surface area (TPSA) is 64.1 Å². The summed E-state index contributed by atoms with van der Waals surface area (Å²) in [7, 11) is 3.19. The second-order valence-electron chi connectivity index (χ2n) is 6.96. The van der Waals surface area contributed by atoms with Gasteiger partial charge in [-0.2, -0.15) is 0 Å². The van der Waals surface area contributed by atoms with Gasteiger partial charge in [-0.3, -0.25) is 9.69 Å². The first kappa shape index (κ1) is 24.1. The van der Waals surface area contributed by atoms with Gasteiger partial charge in [0.15, 0.2) is 11.7 Å². The minimum Gasteiger partial charge on any atom is -0.497 e. The van der Waals surface area contributed by atoms with E-state index in [4.69, 9.17) is 30.8 Å². The van der Waals surface area contributed by atoms with E-state index in [1.54, 1.807) is 55.5 Å². The number of halogens is 1. The number of rotatable bonds is 11. The molecule has 0 saturated heterocycles. The van der Waals surface area contributed by atoms with Crippen LogP contribution in [0.2, 0.25) is 5.02 Å². The van der Waals surface area contributed by atoms with Crippen molar-refractivity contribution in [2.24, 2.45) is 0 Å². The number of hydrogen-bond donors (Lipinski definition) is 0. The number of amides is 1. The number of ether oxygens (including phenoxy) is 3. The van der Waals surface area contributed by atoms with Crippen LogP contribution in [0, 0.1) is 0 Å². The molecule has 9 heteroatoms. The second kappa shape index (κ2) is 11.4. The van der Waals surface area contributed by atoms with Crippen molar-refractivity contribution in [1.29, 1.82) is 0 Å². The van der Waals surface area contributed by atoms with E-state index < -0.39 is 0 Å². The van der Waals surface area contributed by atoms with Crippen molar-refractivity contribution in [2.75, 3.05) is 51.9 Å². The number of nitrogens with zero attached hydrogens (tertiary/aromatic N) is 3. The van der Waals surface area contributed by atoms with Gasteiger partial charge in [0.05, 0.1) is 23.9 Å². The molecule has 1 heterocycles. The van der Waals surface area contributed by atoms with E-state index >= 15 is 0 Å². The number of methoxy groups -OCH3 is 2. The van der Waals surface area contributed by atoms with Gasteiger partial charge in [-0.1, -0.05) is 36.8 Å². The smallest absolute Gasteiger partial charge is 0.266 e. The van der Waals surface area contributed by atoms with Crippen molar-refractivity contribution in [3.8, 4) is 17.2 Å². The van der Waals surface area contributed by atoms with Gasteiger partial charge in [-0.05, 0) is 49.5 Å². The fraction of sp³-hybridized carbons (Fsp3) is 0.391. The number of benzene rings is 2. The molecule has 0 spiro atoms.